The highest BCUT2D eigenvalue weighted by molar-refractivity contribution is 6.34. The summed E-state index contributed by atoms with van der Waals surface area (Å²) in [6.45, 7) is 1.83. The number of pyridine rings is 1. The third kappa shape index (κ3) is 3.01. The van der Waals surface area contributed by atoms with E-state index in [1.54, 1.807) is 18.2 Å². The van der Waals surface area contributed by atoms with E-state index in [9.17, 15) is 9.90 Å². The maximum absolute atomic E-state index is 12.5. The summed E-state index contributed by atoms with van der Waals surface area (Å²) in [5, 5.41) is 18.7. The van der Waals surface area contributed by atoms with Crippen molar-refractivity contribution in [3.63, 3.8) is 0 Å². The van der Waals surface area contributed by atoms with Crippen LogP contribution in [-0.4, -0.2) is 34.4 Å². The van der Waals surface area contributed by atoms with Crippen LogP contribution in [0.2, 0.25) is 5.02 Å². The van der Waals surface area contributed by atoms with E-state index in [1.807, 2.05) is 50.2 Å². The van der Waals surface area contributed by atoms with Crippen LogP contribution in [0.15, 0.2) is 47.3 Å². The molecule has 4 rings (SSSR count). The zero-order chi connectivity index (χ0) is 20.0. The lowest BCUT2D eigenvalue weighted by Crippen LogP contribution is -2.09. The number of nitrogens with one attached hydrogen (secondary N) is 2. The molecule has 0 aliphatic heterocycles. The van der Waals surface area contributed by atoms with Gasteiger partial charge in [-0.15, -0.1) is 0 Å². The third-order valence-electron chi connectivity index (χ3n) is 4.73. The summed E-state index contributed by atoms with van der Waals surface area (Å²) in [7, 11) is 3.95. The predicted molar refractivity (Wildman–Crippen MR) is 113 cm³/mol. The number of anilines is 1. The van der Waals surface area contributed by atoms with Gasteiger partial charge in [-0.2, -0.15) is 5.10 Å². The lowest BCUT2D eigenvalue weighted by atomic mass is 10.0. The standard InChI is InChI=1S/C21H19ClN4O2/c1-11-8-18(25-24-11)19-20(27)15-9-14(16(22)10-17(15)23-21(19)28)12-4-6-13(7-5-12)26(2)3/h4-10H,1-3H3,(H,24,25)(H2,23,27,28). The van der Waals surface area contributed by atoms with Crippen LogP contribution in [0.5, 0.6) is 5.75 Å². The molecule has 7 heteroatoms. The fourth-order valence-electron chi connectivity index (χ4n) is 3.24. The number of aromatic amines is 2. The van der Waals surface area contributed by atoms with Crippen molar-refractivity contribution >= 4 is 28.2 Å². The number of benzene rings is 2. The predicted octanol–water partition coefficient (Wildman–Crippen LogP) is 4.32. The van der Waals surface area contributed by atoms with Gasteiger partial charge in [0, 0.05) is 36.4 Å². The largest absolute Gasteiger partial charge is 0.506 e. The molecule has 0 amide bonds. The molecule has 28 heavy (non-hydrogen) atoms. The molecular weight excluding hydrogens is 376 g/mol. The lowest BCUT2D eigenvalue weighted by Gasteiger charge is -2.14. The second kappa shape index (κ2) is 6.73. The normalized spacial score (nSPS) is 11.1. The number of hydrogen-bond acceptors (Lipinski definition) is 4. The third-order valence-corrected chi connectivity index (χ3v) is 5.04. The minimum absolute atomic E-state index is 0.118. The molecule has 3 N–H and O–H groups in total. The van der Waals surface area contributed by atoms with Crippen LogP contribution < -0.4 is 10.5 Å². The van der Waals surface area contributed by atoms with E-state index in [-0.39, 0.29) is 11.3 Å². The molecule has 0 saturated heterocycles. The van der Waals surface area contributed by atoms with E-state index in [1.165, 1.54) is 0 Å². The molecule has 0 radical (unpaired) electrons. The van der Waals surface area contributed by atoms with E-state index in [2.05, 4.69) is 15.2 Å². The molecular formula is C21H19ClN4O2. The molecule has 0 aliphatic carbocycles. The van der Waals surface area contributed by atoms with Crippen molar-refractivity contribution in [1.82, 2.24) is 15.2 Å². The number of rotatable bonds is 3. The monoisotopic (exact) mass is 394 g/mol. The number of aromatic hydroxyl groups is 1. The van der Waals surface area contributed by atoms with Crippen molar-refractivity contribution in [2.75, 3.05) is 19.0 Å². The van der Waals surface area contributed by atoms with Gasteiger partial charge in [-0.05, 0) is 42.8 Å². The van der Waals surface area contributed by atoms with E-state index < -0.39 is 5.56 Å². The summed E-state index contributed by atoms with van der Waals surface area (Å²) in [5.41, 5.74) is 4.13. The van der Waals surface area contributed by atoms with Crippen molar-refractivity contribution in [1.29, 1.82) is 0 Å². The van der Waals surface area contributed by atoms with Crippen molar-refractivity contribution in [3.05, 3.63) is 63.5 Å². The van der Waals surface area contributed by atoms with Crippen LogP contribution in [0.25, 0.3) is 33.3 Å². The van der Waals surface area contributed by atoms with Gasteiger partial charge in [0.25, 0.3) is 5.56 Å². The summed E-state index contributed by atoms with van der Waals surface area (Å²) in [4.78, 5) is 17.3. The first-order valence-corrected chi connectivity index (χ1v) is 9.11. The SMILES string of the molecule is Cc1cc(-c2c(O)c3cc(-c4ccc(N(C)C)cc4)c(Cl)cc3[nH]c2=O)n[nH]1. The van der Waals surface area contributed by atoms with Crippen LogP contribution in [0, 0.1) is 6.92 Å². The highest BCUT2D eigenvalue weighted by Gasteiger charge is 2.18. The fraction of sp³-hybridized carbons (Fsp3) is 0.143. The number of hydrogen-bond donors (Lipinski definition) is 3. The molecule has 0 aliphatic rings. The van der Waals surface area contributed by atoms with Crippen LogP contribution in [-0.2, 0) is 0 Å². The smallest absolute Gasteiger partial charge is 0.261 e. The molecule has 0 bridgehead atoms. The molecule has 6 nitrogen and oxygen atoms in total. The molecule has 0 unspecified atom stereocenters. The number of halogens is 1. The minimum Gasteiger partial charge on any atom is -0.506 e. The summed E-state index contributed by atoms with van der Waals surface area (Å²) in [6.07, 6.45) is 0. The van der Waals surface area contributed by atoms with Gasteiger partial charge in [0.05, 0.1) is 10.5 Å². The topological polar surface area (TPSA) is 85.0 Å². The second-order valence-corrected chi connectivity index (χ2v) is 7.34. The molecule has 2 heterocycles. The Kier molecular flexibility index (Phi) is 4.35. The van der Waals surface area contributed by atoms with Gasteiger partial charge < -0.3 is 15.0 Å². The van der Waals surface area contributed by atoms with Gasteiger partial charge in [-0.25, -0.2) is 0 Å². The molecule has 2 aromatic heterocycles. The number of aryl methyl sites for hydroxylation is 1. The Morgan fingerprint density at radius 1 is 1.11 bits per heavy atom. The molecule has 0 fully saturated rings. The zero-order valence-corrected chi connectivity index (χ0v) is 16.4. The van der Waals surface area contributed by atoms with Crippen molar-refractivity contribution in [3.8, 4) is 28.1 Å². The Morgan fingerprint density at radius 2 is 1.82 bits per heavy atom. The number of fused-ring (bicyclic) bond motifs is 1. The van der Waals surface area contributed by atoms with E-state index in [0.29, 0.717) is 21.6 Å². The van der Waals surface area contributed by atoms with Crippen molar-refractivity contribution in [2.45, 2.75) is 6.92 Å². The number of nitrogens with zero attached hydrogens (tertiary/aromatic N) is 2. The molecule has 0 atom stereocenters. The van der Waals surface area contributed by atoms with Crippen LogP contribution in [0.4, 0.5) is 5.69 Å². The first-order valence-electron chi connectivity index (χ1n) is 8.74. The van der Waals surface area contributed by atoms with Gasteiger partial charge in [0.1, 0.15) is 17.0 Å². The average Bonchev–Trinajstić information content (AvgIpc) is 3.07. The van der Waals surface area contributed by atoms with Crippen LogP contribution in [0.1, 0.15) is 5.69 Å². The van der Waals surface area contributed by atoms with Gasteiger partial charge >= 0.3 is 0 Å². The Balaban J connectivity index is 1.92. The average molecular weight is 395 g/mol. The number of H-pyrrole nitrogens is 2. The molecule has 142 valence electrons. The van der Waals surface area contributed by atoms with Gasteiger partial charge in [-0.1, -0.05) is 23.7 Å². The summed E-state index contributed by atoms with van der Waals surface area (Å²) < 4.78 is 0. The minimum atomic E-state index is -0.421. The van der Waals surface area contributed by atoms with Gasteiger partial charge in [0.2, 0.25) is 0 Å². The highest BCUT2D eigenvalue weighted by Crippen LogP contribution is 2.37. The van der Waals surface area contributed by atoms with Crippen LogP contribution >= 0.6 is 11.6 Å². The van der Waals surface area contributed by atoms with Gasteiger partial charge in [-0.3, -0.25) is 9.89 Å². The lowest BCUT2D eigenvalue weighted by molar-refractivity contribution is 0.482. The van der Waals surface area contributed by atoms with Crippen LogP contribution in [0.3, 0.4) is 0 Å². The van der Waals surface area contributed by atoms with E-state index in [4.69, 9.17) is 11.6 Å². The zero-order valence-electron chi connectivity index (χ0n) is 15.7. The first-order chi connectivity index (χ1) is 13.3. The maximum Gasteiger partial charge on any atom is 0.261 e. The van der Waals surface area contributed by atoms with E-state index in [0.717, 1.165) is 22.5 Å². The van der Waals surface area contributed by atoms with Crippen molar-refractivity contribution in [2.24, 2.45) is 0 Å². The summed E-state index contributed by atoms with van der Waals surface area (Å²) in [6, 6.07) is 13.1. The summed E-state index contributed by atoms with van der Waals surface area (Å²) in [5.74, 6) is -0.118. The summed E-state index contributed by atoms with van der Waals surface area (Å²) >= 11 is 6.47. The van der Waals surface area contributed by atoms with Crippen molar-refractivity contribution < 1.29 is 5.11 Å². The fourth-order valence-corrected chi connectivity index (χ4v) is 3.52. The Morgan fingerprint density at radius 3 is 2.43 bits per heavy atom. The quantitative estimate of drug-likeness (QED) is 0.483. The Hall–Kier alpha value is -3.25. The van der Waals surface area contributed by atoms with E-state index >= 15 is 0 Å². The Bertz CT molecular complexity index is 1240. The second-order valence-electron chi connectivity index (χ2n) is 6.93. The molecule has 0 spiro atoms. The highest BCUT2D eigenvalue weighted by atomic mass is 35.5. The number of aromatic nitrogens is 3. The first kappa shape index (κ1) is 18.1. The molecule has 2 aromatic carbocycles. The molecule has 0 saturated carbocycles. The molecule has 4 aromatic rings. The Labute approximate surface area is 166 Å². The van der Waals surface area contributed by atoms with Gasteiger partial charge in [0.15, 0.2) is 0 Å². The maximum atomic E-state index is 12.5.